The third-order valence-corrected chi connectivity index (χ3v) is 2.54. The fourth-order valence-electron chi connectivity index (χ4n) is 1.28. The standard InChI is InChI=1S/C12H11BrO5/c1-6(14)9-4-12(18-8(3)16)10(13)5-11(9)17-7(2)15/h4-5H,1-3H3. The van der Waals surface area contributed by atoms with Gasteiger partial charge in [-0.2, -0.15) is 0 Å². The number of esters is 2. The van der Waals surface area contributed by atoms with E-state index < -0.39 is 11.9 Å². The average Bonchev–Trinajstić information content (AvgIpc) is 2.19. The van der Waals surface area contributed by atoms with Crippen LogP contribution in [0.5, 0.6) is 11.5 Å². The van der Waals surface area contributed by atoms with E-state index in [0.717, 1.165) is 0 Å². The lowest BCUT2D eigenvalue weighted by Gasteiger charge is -2.10. The Labute approximate surface area is 112 Å². The predicted octanol–water partition coefficient (Wildman–Crippen LogP) is 2.50. The summed E-state index contributed by atoms with van der Waals surface area (Å²) in [5.74, 6) is -1.02. The highest BCUT2D eigenvalue weighted by Crippen LogP contribution is 2.33. The molecular weight excluding hydrogens is 304 g/mol. The molecule has 96 valence electrons. The lowest BCUT2D eigenvalue weighted by Crippen LogP contribution is -2.08. The van der Waals surface area contributed by atoms with E-state index in [9.17, 15) is 14.4 Å². The summed E-state index contributed by atoms with van der Waals surface area (Å²) in [5.41, 5.74) is 0.171. The molecule has 0 unspecified atom stereocenters. The maximum atomic E-state index is 11.4. The zero-order valence-electron chi connectivity index (χ0n) is 10.1. The number of carbonyl (C=O) groups is 3. The Morgan fingerprint density at radius 1 is 0.944 bits per heavy atom. The van der Waals surface area contributed by atoms with Crippen molar-refractivity contribution in [2.75, 3.05) is 0 Å². The Morgan fingerprint density at radius 3 is 1.89 bits per heavy atom. The molecule has 0 aliphatic heterocycles. The van der Waals surface area contributed by atoms with Crippen molar-refractivity contribution < 1.29 is 23.9 Å². The summed E-state index contributed by atoms with van der Waals surface area (Å²) in [6, 6.07) is 2.77. The van der Waals surface area contributed by atoms with Crippen LogP contribution in [0.4, 0.5) is 0 Å². The smallest absolute Gasteiger partial charge is 0.308 e. The first-order valence-corrected chi connectivity index (χ1v) is 5.82. The van der Waals surface area contributed by atoms with Crippen LogP contribution in [-0.2, 0) is 9.59 Å². The molecule has 0 radical (unpaired) electrons. The normalized spacial score (nSPS) is 9.78. The summed E-state index contributed by atoms with van der Waals surface area (Å²) in [6.45, 7) is 3.81. The van der Waals surface area contributed by atoms with Gasteiger partial charge in [0, 0.05) is 13.8 Å². The number of hydrogen-bond acceptors (Lipinski definition) is 5. The van der Waals surface area contributed by atoms with E-state index in [-0.39, 0.29) is 22.8 Å². The van der Waals surface area contributed by atoms with Gasteiger partial charge in [-0.25, -0.2) is 0 Å². The number of ether oxygens (including phenoxy) is 2. The van der Waals surface area contributed by atoms with Crippen molar-refractivity contribution in [2.45, 2.75) is 20.8 Å². The Kier molecular flexibility index (Phi) is 4.61. The Balaban J connectivity index is 3.29. The van der Waals surface area contributed by atoms with Crippen LogP contribution in [0.2, 0.25) is 0 Å². The lowest BCUT2D eigenvalue weighted by atomic mass is 10.1. The number of rotatable bonds is 3. The molecule has 0 aliphatic rings. The Hall–Kier alpha value is -1.69. The second-order valence-corrected chi connectivity index (χ2v) is 4.38. The SMILES string of the molecule is CC(=O)Oc1cc(C(C)=O)c(OC(C)=O)cc1Br. The van der Waals surface area contributed by atoms with Gasteiger partial charge in [0.1, 0.15) is 11.5 Å². The van der Waals surface area contributed by atoms with Crippen LogP contribution in [0.3, 0.4) is 0 Å². The minimum atomic E-state index is -0.537. The van der Waals surface area contributed by atoms with Crippen LogP contribution < -0.4 is 9.47 Å². The molecule has 0 aromatic heterocycles. The van der Waals surface area contributed by atoms with Gasteiger partial charge in [-0.1, -0.05) is 0 Å². The van der Waals surface area contributed by atoms with Gasteiger partial charge in [0.05, 0.1) is 10.0 Å². The number of carbonyl (C=O) groups excluding carboxylic acids is 3. The molecule has 1 rings (SSSR count). The molecule has 0 saturated heterocycles. The van der Waals surface area contributed by atoms with Gasteiger partial charge in [0.25, 0.3) is 0 Å². The lowest BCUT2D eigenvalue weighted by molar-refractivity contribution is -0.133. The summed E-state index contributed by atoms with van der Waals surface area (Å²) in [6.07, 6.45) is 0. The number of ketones is 1. The van der Waals surface area contributed by atoms with Gasteiger partial charge in [-0.05, 0) is 35.0 Å². The topological polar surface area (TPSA) is 69.7 Å². The van der Waals surface area contributed by atoms with Crippen molar-refractivity contribution in [3.05, 3.63) is 22.2 Å². The van der Waals surface area contributed by atoms with Crippen molar-refractivity contribution in [3.8, 4) is 11.5 Å². The zero-order valence-corrected chi connectivity index (χ0v) is 11.7. The molecule has 1 aromatic carbocycles. The van der Waals surface area contributed by atoms with Crippen LogP contribution in [0, 0.1) is 0 Å². The molecule has 6 heteroatoms. The largest absolute Gasteiger partial charge is 0.426 e. The molecule has 0 fully saturated rings. The van der Waals surface area contributed by atoms with E-state index in [0.29, 0.717) is 4.47 Å². The zero-order chi connectivity index (χ0) is 13.9. The maximum Gasteiger partial charge on any atom is 0.308 e. The first-order valence-electron chi connectivity index (χ1n) is 5.02. The first kappa shape index (κ1) is 14.4. The van der Waals surface area contributed by atoms with Gasteiger partial charge >= 0.3 is 11.9 Å². The molecule has 0 bridgehead atoms. The van der Waals surface area contributed by atoms with Gasteiger partial charge in [-0.3, -0.25) is 14.4 Å². The van der Waals surface area contributed by atoms with E-state index in [1.807, 2.05) is 0 Å². The molecular formula is C12H11BrO5. The van der Waals surface area contributed by atoms with Crippen LogP contribution in [0.25, 0.3) is 0 Å². The van der Waals surface area contributed by atoms with Gasteiger partial charge in [-0.15, -0.1) is 0 Å². The summed E-state index contributed by atoms with van der Waals surface area (Å²) < 4.78 is 10.3. The summed E-state index contributed by atoms with van der Waals surface area (Å²) in [7, 11) is 0. The third-order valence-electron chi connectivity index (χ3n) is 1.92. The molecule has 18 heavy (non-hydrogen) atoms. The highest BCUT2D eigenvalue weighted by molar-refractivity contribution is 9.10. The molecule has 0 aliphatic carbocycles. The van der Waals surface area contributed by atoms with Crippen molar-refractivity contribution in [2.24, 2.45) is 0 Å². The van der Waals surface area contributed by atoms with Crippen LogP contribution in [0.15, 0.2) is 16.6 Å². The third kappa shape index (κ3) is 3.66. The van der Waals surface area contributed by atoms with Crippen LogP contribution in [-0.4, -0.2) is 17.7 Å². The first-order chi connectivity index (χ1) is 8.31. The van der Waals surface area contributed by atoms with Crippen molar-refractivity contribution in [1.29, 1.82) is 0 Å². The van der Waals surface area contributed by atoms with Gasteiger partial charge in [0.15, 0.2) is 5.78 Å². The van der Waals surface area contributed by atoms with Crippen LogP contribution in [0.1, 0.15) is 31.1 Å². The number of benzene rings is 1. The molecule has 1 aromatic rings. The predicted molar refractivity (Wildman–Crippen MR) is 66.8 cm³/mol. The summed E-state index contributed by atoms with van der Waals surface area (Å²) in [4.78, 5) is 33.3. The van der Waals surface area contributed by atoms with E-state index in [1.165, 1.54) is 32.9 Å². The molecule has 0 heterocycles. The fourth-order valence-corrected chi connectivity index (χ4v) is 1.69. The second kappa shape index (κ2) is 5.77. The van der Waals surface area contributed by atoms with Gasteiger partial charge in [0.2, 0.25) is 0 Å². The van der Waals surface area contributed by atoms with Crippen molar-refractivity contribution in [1.82, 2.24) is 0 Å². The fraction of sp³-hybridized carbons (Fsp3) is 0.250. The monoisotopic (exact) mass is 314 g/mol. The minimum Gasteiger partial charge on any atom is -0.426 e. The van der Waals surface area contributed by atoms with E-state index in [2.05, 4.69) is 15.9 Å². The molecule has 0 saturated carbocycles. The Bertz CT molecular complexity index is 521. The van der Waals surface area contributed by atoms with E-state index in [1.54, 1.807) is 0 Å². The summed E-state index contributed by atoms with van der Waals surface area (Å²) >= 11 is 3.17. The van der Waals surface area contributed by atoms with E-state index >= 15 is 0 Å². The molecule has 0 N–H and O–H groups in total. The van der Waals surface area contributed by atoms with Crippen molar-refractivity contribution >= 4 is 33.7 Å². The molecule has 0 amide bonds. The highest BCUT2D eigenvalue weighted by Gasteiger charge is 2.16. The molecule has 0 spiro atoms. The van der Waals surface area contributed by atoms with E-state index in [4.69, 9.17) is 9.47 Å². The van der Waals surface area contributed by atoms with Crippen molar-refractivity contribution in [3.63, 3.8) is 0 Å². The quantitative estimate of drug-likeness (QED) is 0.487. The summed E-state index contributed by atoms with van der Waals surface area (Å²) in [5, 5.41) is 0. The number of hydrogen-bond donors (Lipinski definition) is 0. The average molecular weight is 315 g/mol. The second-order valence-electron chi connectivity index (χ2n) is 3.52. The number of Topliss-reactive ketones (excluding diaryl/α,β-unsaturated/α-hetero) is 1. The number of halogens is 1. The highest BCUT2D eigenvalue weighted by atomic mass is 79.9. The minimum absolute atomic E-state index is 0.123. The molecule has 0 atom stereocenters. The van der Waals surface area contributed by atoms with Gasteiger partial charge < -0.3 is 9.47 Å². The molecule has 5 nitrogen and oxygen atoms in total. The Morgan fingerprint density at radius 2 is 1.44 bits per heavy atom. The van der Waals surface area contributed by atoms with Crippen LogP contribution >= 0.6 is 15.9 Å². The maximum absolute atomic E-state index is 11.4.